The predicted octanol–water partition coefficient (Wildman–Crippen LogP) is 3.69. The van der Waals surface area contributed by atoms with Crippen molar-refractivity contribution in [1.29, 1.82) is 0 Å². The smallest absolute Gasteiger partial charge is 0.220 e. The van der Waals surface area contributed by atoms with Crippen LogP contribution in [0.4, 0.5) is 0 Å². The van der Waals surface area contributed by atoms with Gasteiger partial charge >= 0.3 is 0 Å². The number of hydrogen-bond acceptors (Lipinski definition) is 2. The summed E-state index contributed by atoms with van der Waals surface area (Å²) in [6.45, 7) is 2.16. The number of amides is 1. The van der Waals surface area contributed by atoms with Gasteiger partial charge in [-0.15, -0.1) is 0 Å². The molecule has 1 heterocycles. The third kappa shape index (κ3) is 4.02. The van der Waals surface area contributed by atoms with E-state index in [1.165, 1.54) is 31.2 Å². The Hall–Kier alpha value is -1.06. The molecule has 1 aromatic carbocycles. The normalized spacial score (nSPS) is 23.0. The van der Waals surface area contributed by atoms with Crippen molar-refractivity contribution < 1.29 is 4.79 Å². The molecule has 1 saturated carbocycles. The van der Waals surface area contributed by atoms with Crippen LogP contribution in [0.2, 0.25) is 5.02 Å². The molecule has 2 N–H and O–H groups in total. The van der Waals surface area contributed by atoms with Gasteiger partial charge < -0.3 is 10.6 Å². The van der Waals surface area contributed by atoms with Gasteiger partial charge in [0.05, 0.1) is 6.04 Å². The fourth-order valence-corrected chi connectivity index (χ4v) is 3.58. The van der Waals surface area contributed by atoms with Crippen LogP contribution >= 0.6 is 11.6 Å². The number of benzene rings is 1. The molecule has 3 rings (SSSR count). The van der Waals surface area contributed by atoms with Crippen molar-refractivity contribution in [3.8, 4) is 0 Å². The Balaban J connectivity index is 1.57. The Bertz CT molecular complexity index is 492. The van der Waals surface area contributed by atoms with Gasteiger partial charge in [-0.05, 0) is 68.3 Å². The molecule has 1 aliphatic heterocycles. The average molecular weight is 321 g/mol. The Labute approximate surface area is 137 Å². The molecule has 2 unspecified atom stereocenters. The molecule has 1 aromatic rings. The maximum absolute atomic E-state index is 12.3. The Kier molecular flexibility index (Phi) is 5.37. The number of carbonyl (C=O) groups excluding carboxylic acids is 1. The van der Waals surface area contributed by atoms with Crippen LogP contribution in [-0.4, -0.2) is 19.0 Å². The summed E-state index contributed by atoms with van der Waals surface area (Å²) >= 11 is 5.98. The highest BCUT2D eigenvalue weighted by atomic mass is 35.5. The fourth-order valence-electron chi connectivity index (χ4n) is 3.46. The maximum atomic E-state index is 12.3. The summed E-state index contributed by atoms with van der Waals surface area (Å²) in [6, 6.07) is 8.08. The lowest BCUT2D eigenvalue weighted by Crippen LogP contribution is -2.36. The molecule has 0 bridgehead atoms. The number of nitrogens with one attached hydrogen (secondary N) is 2. The topological polar surface area (TPSA) is 41.1 Å². The SMILES string of the molecule is O=C(CCC1CCNC1)NC(c1ccc(Cl)cc1)C1CCC1. The molecule has 1 aliphatic carbocycles. The molecule has 3 nitrogen and oxygen atoms in total. The van der Waals surface area contributed by atoms with Gasteiger partial charge in [0.1, 0.15) is 0 Å². The molecule has 1 saturated heterocycles. The molecular weight excluding hydrogens is 296 g/mol. The summed E-state index contributed by atoms with van der Waals surface area (Å²) in [7, 11) is 0. The van der Waals surface area contributed by atoms with E-state index in [-0.39, 0.29) is 11.9 Å². The summed E-state index contributed by atoms with van der Waals surface area (Å²) in [4.78, 5) is 12.3. The van der Waals surface area contributed by atoms with Crippen LogP contribution in [-0.2, 0) is 4.79 Å². The minimum atomic E-state index is 0.153. The van der Waals surface area contributed by atoms with Crippen LogP contribution in [0.25, 0.3) is 0 Å². The van der Waals surface area contributed by atoms with E-state index >= 15 is 0 Å². The van der Waals surface area contributed by atoms with E-state index in [0.29, 0.717) is 18.3 Å². The molecule has 2 fully saturated rings. The van der Waals surface area contributed by atoms with Gasteiger partial charge in [0, 0.05) is 11.4 Å². The second-order valence-electron chi connectivity index (χ2n) is 6.69. The van der Waals surface area contributed by atoms with Gasteiger partial charge in [-0.25, -0.2) is 0 Å². The zero-order valence-corrected chi connectivity index (χ0v) is 13.7. The first-order valence-electron chi connectivity index (χ1n) is 8.48. The lowest BCUT2D eigenvalue weighted by atomic mass is 9.77. The molecule has 0 radical (unpaired) electrons. The molecule has 2 atom stereocenters. The van der Waals surface area contributed by atoms with E-state index < -0.39 is 0 Å². The molecular formula is C18H25ClN2O. The Morgan fingerprint density at radius 1 is 1.27 bits per heavy atom. The van der Waals surface area contributed by atoms with Crippen LogP contribution in [0.1, 0.15) is 50.1 Å². The second-order valence-corrected chi connectivity index (χ2v) is 7.12. The lowest BCUT2D eigenvalue weighted by molar-refractivity contribution is -0.122. The monoisotopic (exact) mass is 320 g/mol. The molecule has 2 aliphatic rings. The van der Waals surface area contributed by atoms with Gasteiger partial charge in [0.15, 0.2) is 0 Å². The number of carbonyl (C=O) groups is 1. The number of rotatable bonds is 6. The first-order valence-corrected chi connectivity index (χ1v) is 8.86. The van der Waals surface area contributed by atoms with Crippen molar-refractivity contribution in [3.63, 3.8) is 0 Å². The van der Waals surface area contributed by atoms with E-state index in [1.54, 1.807) is 0 Å². The molecule has 1 amide bonds. The molecule has 4 heteroatoms. The van der Waals surface area contributed by atoms with E-state index in [2.05, 4.69) is 10.6 Å². The van der Waals surface area contributed by atoms with Crippen molar-refractivity contribution in [2.24, 2.45) is 11.8 Å². The van der Waals surface area contributed by atoms with Crippen LogP contribution < -0.4 is 10.6 Å². The minimum absolute atomic E-state index is 0.153. The van der Waals surface area contributed by atoms with Gasteiger partial charge in [-0.2, -0.15) is 0 Å². The summed E-state index contributed by atoms with van der Waals surface area (Å²) in [5.74, 6) is 1.44. The van der Waals surface area contributed by atoms with Crippen LogP contribution in [0.3, 0.4) is 0 Å². The molecule has 120 valence electrons. The van der Waals surface area contributed by atoms with E-state index in [0.717, 1.165) is 24.5 Å². The van der Waals surface area contributed by atoms with Gasteiger partial charge in [0.25, 0.3) is 0 Å². The first kappa shape index (κ1) is 15.8. The average Bonchev–Trinajstić information content (AvgIpc) is 2.97. The van der Waals surface area contributed by atoms with Crippen LogP contribution in [0.5, 0.6) is 0 Å². The second kappa shape index (κ2) is 7.47. The quantitative estimate of drug-likeness (QED) is 0.839. The zero-order chi connectivity index (χ0) is 15.4. The summed E-state index contributed by atoms with van der Waals surface area (Å²) in [6.07, 6.45) is 6.54. The third-order valence-electron chi connectivity index (χ3n) is 5.11. The van der Waals surface area contributed by atoms with Gasteiger partial charge in [-0.3, -0.25) is 4.79 Å². The molecule has 0 spiro atoms. The maximum Gasteiger partial charge on any atom is 0.220 e. The Morgan fingerprint density at radius 3 is 2.64 bits per heavy atom. The number of hydrogen-bond donors (Lipinski definition) is 2. The minimum Gasteiger partial charge on any atom is -0.349 e. The summed E-state index contributed by atoms with van der Waals surface area (Å²) < 4.78 is 0. The largest absolute Gasteiger partial charge is 0.349 e. The van der Waals surface area contributed by atoms with Gasteiger partial charge in [-0.1, -0.05) is 30.2 Å². The fraction of sp³-hybridized carbons (Fsp3) is 0.611. The highest BCUT2D eigenvalue weighted by molar-refractivity contribution is 6.30. The number of halogens is 1. The lowest BCUT2D eigenvalue weighted by Gasteiger charge is -2.34. The van der Waals surface area contributed by atoms with Crippen molar-refractivity contribution in [2.75, 3.05) is 13.1 Å². The van der Waals surface area contributed by atoms with E-state index in [4.69, 9.17) is 11.6 Å². The zero-order valence-electron chi connectivity index (χ0n) is 13.0. The summed E-state index contributed by atoms with van der Waals surface area (Å²) in [5.41, 5.74) is 1.19. The van der Waals surface area contributed by atoms with Crippen LogP contribution in [0, 0.1) is 11.8 Å². The highest BCUT2D eigenvalue weighted by Gasteiger charge is 2.29. The first-order chi connectivity index (χ1) is 10.7. The van der Waals surface area contributed by atoms with Crippen molar-refractivity contribution >= 4 is 17.5 Å². The van der Waals surface area contributed by atoms with Crippen molar-refractivity contribution in [3.05, 3.63) is 34.9 Å². The van der Waals surface area contributed by atoms with E-state index in [9.17, 15) is 4.79 Å². The van der Waals surface area contributed by atoms with Crippen molar-refractivity contribution in [1.82, 2.24) is 10.6 Å². The third-order valence-corrected chi connectivity index (χ3v) is 5.36. The van der Waals surface area contributed by atoms with Crippen molar-refractivity contribution in [2.45, 2.75) is 44.6 Å². The highest BCUT2D eigenvalue weighted by Crippen LogP contribution is 2.38. The van der Waals surface area contributed by atoms with Crippen LogP contribution in [0.15, 0.2) is 24.3 Å². The predicted molar refractivity (Wildman–Crippen MR) is 89.9 cm³/mol. The molecule has 0 aromatic heterocycles. The Morgan fingerprint density at radius 2 is 2.05 bits per heavy atom. The molecule has 22 heavy (non-hydrogen) atoms. The van der Waals surface area contributed by atoms with Gasteiger partial charge in [0.2, 0.25) is 5.91 Å². The standard InChI is InChI=1S/C18H25ClN2O/c19-16-7-5-15(6-8-16)18(14-2-1-3-14)21-17(22)9-4-13-10-11-20-12-13/h5-8,13-14,18,20H,1-4,9-12H2,(H,21,22). The van der Waals surface area contributed by atoms with E-state index in [1.807, 2.05) is 24.3 Å². The summed E-state index contributed by atoms with van der Waals surface area (Å²) in [5, 5.41) is 7.38.